The fourth-order valence-electron chi connectivity index (χ4n) is 9.70. The number of unbranched alkanes of at least 4 members (excludes halogenated alkanes) is 1. The molecule has 0 aliphatic heterocycles. The first kappa shape index (κ1) is 95.4. The SMILES string of the molecule is CC[C@H](C)[C@H](NC(=O)[C@@H](CCCN=C(N)N)NC(=O)[C@@H](N)[C@@H](C)O)C(=O)N[C@@H](CC(=O)O)C(=O)N[C@@H](CCC(N)=O)C(=O)N[C@@H](C)C(=O)N[C@@H](CC(N)=O)C(=O)N[C@@H](CCC(N)=O)C(=O)N[C@@H](CCCN=C(N)N)C(=O)N[C@@H](C)C(=O)N[C@H](C(=O)N[C@@H](CCCCN)C(=O)N[C@@H](CC(C)C)C(=O)O)[C@@H](C)O. The molecule has 106 heavy (non-hydrogen) atoms. The van der Waals surface area contributed by atoms with Crippen LogP contribution in [0.4, 0.5) is 0 Å². The van der Waals surface area contributed by atoms with Gasteiger partial charge in [-0.15, -0.1) is 0 Å². The molecular formula is C62H111N23O21. The molecule has 0 radical (unpaired) electrons. The summed E-state index contributed by atoms with van der Waals surface area (Å²) >= 11 is 0. The number of nitrogens with two attached hydrogens (primary N) is 9. The summed E-state index contributed by atoms with van der Waals surface area (Å²) in [6.07, 6.45) is -7.24. The standard InChI is InChI=1S/C62H111N23O21/c1-9-28(4)46(84-54(99)35(16-13-23-73-62(70)71)79-57(102)45(67)31(7)86)58(103)82-39(26-44(91)92)56(101)77-36(17-19-41(64)88)51(96)74-29(5)48(93)81-38(25-43(66)90)55(100)78-37(18-20-42(65)89)53(98)76-34(15-12-22-72-61(68)69)50(95)75-30(6)49(94)85-47(32(8)87)59(104)80-33(14-10-11-21-63)52(97)83-40(60(105)106)24-27(2)3/h27-40,45-47,86-87H,9-26,63,67H2,1-8H3,(H2,64,88)(H2,65,89)(H2,66,90)(H,74,96)(H,75,95)(H,76,98)(H,77,101)(H,78,100)(H,79,102)(H,80,104)(H,81,93)(H,82,103)(H,83,97)(H,84,99)(H,85,94)(H,91,92)(H,105,106)(H4,68,69,72)(H4,70,71,73)/t28-,29-,30-,31+,32+,33-,34-,35+,36-,37-,38-,39-,40-,45-,46-,47-/m0/s1. The van der Waals surface area contributed by atoms with E-state index in [-0.39, 0.29) is 82.4 Å². The Bertz CT molecular complexity index is 3090. The number of amides is 15. The largest absolute Gasteiger partial charge is 0.481 e. The summed E-state index contributed by atoms with van der Waals surface area (Å²) < 4.78 is 0. The number of aliphatic imine (C=N–C) groups is 2. The van der Waals surface area contributed by atoms with E-state index in [1.165, 1.54) is 13.8 Å². The van der Waals surface area contributed by atoms with Crippen LogP contribution < -0.4 is 115 Å². The number of carbonyl (C=O) groups excluding carboxylic acids is 15. The number of guanidine groups is 2. The lowest BCUT2D eigenvalue weighted by Gasteiger charge is -2.29. The third kappa shape index (κ3) is 38.2. The number of aliphatic carboxylic acids is 2. The second-order valence-electron chi connectivity index (χ2n) is 25.7. The van der Waals surface area contributed by atoms with Crippen molar-refractivity contribution < 1.29 is 102 Å². The lowest BCUT2D eigenvalue weighted by atomic mass is 9.96. The van der Waals surface area contributed by atoms with Crippen molar-refractivity contribution >= 4 is 112 Å². The Morgan fingerprint density at radius 2 is 0.708 bits per heavy atom. The number of primary amides is 3. The van der Waals surface area contributed by atoms with Crippen molar-refractivity contribution in [2.45, 2.75) is 242 Å². The van der Waals surface area contributed by atoms with Gasteiger partial charge in [-0.2, -0.15) is 0 Å². The molecule has 0 bridgehead atoms. The van der Waals surface area contributed by atoms with Gasteiger partial charge in [-0.05, 0) is 110 Å². The predicted octanol–water partition coefficient (Wildman–Crippen LogP) is -10.8. The highest BCUT2D eigenvalue weighted by Crippen LogP contribution is 2.14. The van der Waals surface area contributed by atoms with Gasteiger partial charge in [0.2, 0.25) is 88.6 Å². The molecule has 0 saturated carbocycles. The molecule has 34 N–H and O–H groups in total. The molecular weight excluding hydrogens is 1400 g/mol. The molecule has 44 heteroatoms. The highest BCUT2D eigenvalue weighted by Gasteiger charge is 2.39. The van der Waals surface area contributed by atoms with E-state index >= 15 is 0 Å². The highest BCUT2D eigenvalue weighted by atomic mass is 16.4. The fourth-order valence-corrected chi connectivity index (χ4v) is 9.70. The Kier molecular flexibility index (Phi) is 44.2. The molecule has 0 aliphatic rings. The topological polar surface area (TPSA) is 774 Å². The number of hydrogen-bond acceptors (Lipinski definition) is 23. The van der Waals surface area contributed by atoms with Crippen LogP contribution in [0.1, 0.15) is 152 Å². The van der Waals surface area contributed by atoms with E-state index in [0.717, 1.165) is 20.8 Å². The van der Waals surface area contributed by atoms with E-state index in [2.05, 4.69) is 73.8 Å². The summed E-state index contributed by atoms with van der Waals surface area (Å²) in [6.45, 7) is 11.2. The maximum absolute atomic E-state index is 14.2. The molecule has 0 unspecified atom stereocenters. The number of nitrogens with zero attached hydrogens (tertiary/aromatic N) is 2. The third-order valence-corrected chi connectivity index (χ3v) is 15.9. The van der Waals surface area contributed by atoms with Crippen molar-refractivity contribution in [3.8, 4) is 0 Å². The van der Waals surface area contributed by atoms with Crippen LogP contribution in [0.3, 0.4) is 0 Å². The van der Waals surface area contributed by atoms with Gasteiger partial charge in [0.15, 0.2) is 11.9 Å². The average molecular weight is 1510 g/mol. The number of carbonyl (C=O) groups is 17. The number of aliphatic hydroxyl groups is 2. The van der Waals surface area contributed by atoms with Gasteiger partial charge in [-0.1, -0.05) is 34.1 Å². The summed E-state index contributed by atoms with van der Waals surface area (Å²) in [5.41, 5.74) is 49.3. The van der Waals surface area contributed by atoms with Crippen LogP contribution in [0, 0.1) is 11.8 Å². The van der Waals surface area contributed by atoms with Gasteiger partial charge in [-0.25, -0.2) is 4.79 Å². The first-order valence-corrected chi connectivity index (χ1v) is 34.2. The van der Waals surface area contributed by atoms with Crippen LogP contribution in [0.2, 0.25) is 0 Å². The molecule has 0 aromatic rings. The van der Waals surface area contributed by atoms with E-state index in [0.29, 0.717) is 12.8 Å². The molecule has 0 aliphatic carbocycles. The lowest BCUT2D eigenvalue weighted by Crippen LogP contribution is -2.61. The van der Waals surface area contributed by atoms with Crippen molar-refractivity contribution in [2.75, 3.05) is 19.6 Å². The van der Waals surface area contributed by atoms with Crippen molar-refractivity contribution in [1.82, 2.24) is 63.8 Å². The summed E-state index contributed by atoms with van der Waals surface area (Å²) in [4.78, 5) is 234. The van der Waals surface area contributed by atoms with Crippen LogP contribution in [-0.4, -0.2) is 243 Å². The Morgan fingerprint density at radius 1 is 0.368 bits per heavy atom. The summed E-state index contributed by atoms with van der Waals surface area (Å²) in [5.74, 6) is -21.5. The maximum Gasteiger partial charge on any atom is 0.326 e. The molecule has 0 heterocycles. The second-order valence-corrected chi connectivity index (χ2v) is 25.7. The first-order valence-electron chi connectivity index (χ1n) is 34.2. The average Bonchev–Trinajstić information content (AvgIpc) is 0.857. The number of hydrogen-bond donors (Lipinski definition) is 25. The van der Waals surface area contributed by atoms with Gasteiger partial charge in [0, 0.05) is 25.9 Å². The van der Waals surface area contributed by atoms with Gasteiger partial charge in [-0.3, -0.25) is 86.7 Å². The second kappa shape index (κ2) is 49.2. The monoisotopic (exact) mass is 1510 g/mol. The van der Waals surface area contributed by atoms with Crippen LogP contribution in [-0.2, 0) is 81.5 Å². The number of carboxylic acids is 2. The molecule has 600 valence electrons. The zero-order chi connectivity index (χ0) is 81.4. The van der Waals surface area contributed by atoms with Gasteiger partial charge in [0.05, 0.1) is 25.0 Å². The van der Waals surface area contributed by atoms with Gasteiger partial charge in [0.25, 0.3) is 0 Å². The quantitative estimate of drug-likeness (QED) is 0.0153. The van der Waals surface area contributed by atoms with Crippen LogP contribution in [0.15, 0.2) is 9.98 Å². The van der Waals surface area contributed by atoms with Crippen LogP contribution in [0.25, 0.3) is 0 Å². The smallest absolute Gasteiger partial charge is 0.326 e. The maximum atomic E-state index is 14.2. The molecule has 0 spiro atoms. The predicted molar refractivity (Wildman–Crippen MR) is 378 cm³/mol. The van der Waals surface area contributed by atoms with E-state index in [1.54, 1.807) is 20.8 Å². The molecule has 44 nitrogen and oxygen atoms in total. The summed E-state index contributed by atoms with van der Waals surface area (Å²) in [7, 11) is 0. The molecule has 0 saturated heterocycles. The minimum absolute atomic E-state index is 0.00943. The van der Waals surface area contributed by atoms with Gasteiger partial charge < -0.3 is 136 Å². The number of rotatable bonds is 53. The van der Waals surface area contributed by atoms with E-state index < -0.39 is 236 Å². The molecule has 15 amide bonds. The van der Waals surface area contributed by atoms with E-state index in [4.69, 9.17) is 51.6 Å². The molecule has 0 aromatic heterocycles. The first-order chi connectivity index (χ1) is 49.4. The molecule has 16 atom stereocenters. The summed E-state index contributed by atoms with van der Waals surface area (Å²) in [6, 6.07) is -21.7. The van der Waals surface area contributed by atoms with E-state index in [1.807, 2.05) is 0 Å². The third-order valence-electron chi connectivity index (χ3n) is 15.9. The van der Waals surface area contributed by atoms with Crippen molar-refractivity contribution in [3.63, 3.8) is 0 Å². The van der Waals surface area contributed by atoms with Crippen LogP contribution in [0.5, 0.6) is 0 Å². The Labute approximate surface area is 611 Å². The Morgan fingerprint density at radius 3 is 1.08 bits per heavy atom. The zero-order valence-electron chi connectivity index (χ0n) is 60.9. The minimum atomic E-state index is -2.04. The van der Waals surface area contributed by atoms with Crippen LogP contribution >= 0.6 is 0 Å². The Balaban J connectivity index is 6.96. The van der Waals surface area contributed by atoms with Crippen molar-refractivity contribution in [2.24, 2.45) is 73.4 Å². The fraction of sp³-hybridized carbons (Fsp3) is 0.694. The molecule has 0 rings (SSSR count). The Hall–Kier alpha value is -10.6. The number of nitrogens with one attached hydrogen (secondary N) is 12. The molecule has 0 fully saturated rings. The van der Waals surface area contributed by atoms with Crippen molar-refractivity contribution in [1.29, 1.82) is 0 Å². The lowest BCUT2D eigenvalue weighted by molar-refractivity contribution is -0.143. The highest BCUT2D eigenvalue weighted by molar-refractivity contribution is 6.01. The summed E-state index contributed by atoms with van der Waals surface area (Å²) in [5, 5.41) is 68.1. The van der Waals surface area contributed by atoms with E-state index in [9.17, 15) is 102 Å². The van der Waals surface area contributed by atoms with Gasteiger partial charge >= 0.3 is 11.9 Å². The zero-order valence-corrected chi connectivity index (χ0v) is 60.9. The van der Waals surface area contributed by atoms with Crippen molar-refractivity contribution in [3.05, 3.63) is 0 Å². The normalized spacial score (nSPS) is 15.6. The number of carboxylic acid groups (broad SMARTS) is 2. The number of aliphatic hydroxyl groups excluding tert-OH is 2. The minimum Gasteiger partial charge on any atom is -0.481 e. The molecule has 0 aromatic carbocycles. The van der Waals surface area contributed by atoms with Gasteiger partial charge in [0.1, 0.15) is 78.5 Å².